The Hall–Kier alpha value is -2.99. The van der Waals surface area contributed by atoms with Crippen LogP contribution in [0.4, 0.5) is 16.6 Å². The van der Waals surface area contributed by atoms with E-state index in [0.29, 0.717) is 6.54 Å². The van der Waals surface area contributed by atoms with Gasteiger partial charge < -0.3 is 10.6 Å². The molecule has 26 heavy (non-hydrogen) atoms. The van der Waals surface area contributed by atoms with Gasteiger partial charge in [-0.25, -0.2) is 15.0 Å². The summed E-state index contributed by atoms with van der Waals surface area (Å²) in [4.78, 5) is 14.3. The molecule has 0 radical (unpaired) electrons. The molecule has 0 aliphatic heterocycles. The standard InChI is InChI=1S/C20H19N5S/c1-13-7-6-8-14(2)16(13)24-20-25-17-18(22-12-23-19(17)26-20)21-11-15-9-4-3-5-10-15/h3-10,12H,11H2,1-2H3,(H,24,25)(H,21,22,23). The van der Waals surface area contributed by atoms with E-state index in [4.69, 9.17) is 4.98 Å². The van der Waals surface area contributed by atoms with Crippen LogP contribution in [0.15, 0.2) is 54.9 Å². The number of thiazole rings is 1. The van der Waals surface area contributed by atoms with E-state index in [1.54, 1.807) is 6.33 Å². The van der Waals surface area contributed by atoms with E-state index in [1.807, 2.05) is 18.2 Å². The minimum atomic E-state index is 0.699. The van der Waals surface area contributed by atoms with E-state index in [2.05, 4.69) is 64.8 Å². The van der Waals surface area contributed by atoms with Crippen molar-refractivity contribution in [2.24, 2.45) is 0 Å². The van der Waals surface area contributed by atoms with E-state index < -0.39 is 0 Å². The van der Waals surface area contributed by atoms with E-state index in [9.17, 15) is 0 Å². The van der Waals surface area contributed by atoms with Crippen LogP contribution in [0.2, 0.25) is 0 Å². The number of benzene rings is 2. The number of para-hydroxylation sites is 1. The summed E-state index contributed by atoms with van der Waals surface area (Å²) >= 11 is 1.53. The minimum absolute atomic E-state index is 0.699. The lowest BCUT2D eigenvalue weighted by molar-refractivity contribution is 1.10. The van der Waals surface area contributed by atoms with Crippen molar-refractivity contribution < 1.29 is 0 Å². The lowest BCUT2D eigenvalue weighted by Gasteiger charge is -2.09. The fourth-order valence-electron chi connectivity index (χ4n) is 2.84. The van der Waals surface area contributed by atoms with Crippen molar-refractivity contribution in [3.8, 4) is 0 Å². The molecule has 0 saturated heterocycles. The zero-order valence-electron chi connectivity index (χ0n) is 14.7. The molecule has 0 amide bonds. The SMILES string of the molecule is Cc1cccc(C)c1Nc1nc2c(NCc3ccccc3)ncnc2s1. The summed E-state index contributed by atoms with van der Waals surface area (Å²) in [5.74, 6) is 0.754. The van der Waals surface area contributed by atoms with Gasteiger partial charge >= 0.3 is 0 Å². The molecule has 0 unspecified atom stereocenters. The van der Waals surface area contributed by atoms with Gasteiger partial charge in [-0.05, 0) is 30.5 Å². The first-order valence-corrected chi connectivity index (χ1v) is 9.25. The molecular weight excluding hydrogens is 342 g/mol. The van der Waals surface area contributed by atoms with Gasteiger partial charge in [-0.3, -0.25) is 0 Å². The molecule has 0 fully saturated rings. The van der Waals surface area contributed by atoms with E-state index >= 15 is 0 Å². The summed E-state index contributed by atoms with van der Waals surface area (Å²) in [5, 5.41) is 7.63. The highest BCUT2D eigenvalue weighted by atomic mass is 32.1. The van der Waals surface area contributed by atoms with Gasteiger partial charge in [0.1, 0.15) is 11.8 Å². The Bertz CT molecular complexity index is 1020. The van der Waals surface area contributed by atoms with Gasteiger partial charge in [0.2, 0.25) is 0 Å². The lowest BCUT2D eigenvalue weighted by Crippen LogP contribution is -2.02. The molecule has 0 aliphatic carbocycles. The fraction of sp³-hybridized carbons (Fsp3) is 0.150. The van der Waals surface area contributed by atoms with Crippen LogP contribution in [0.1, 0.15) is 16.7 Å². The Labute approximate surface area is 156 Å². The maximum atomic E-state index is 4.72. The first kappa shape index (κ1) is 16.5. The molecule has 6 heteroatoms. The van der Waals surface area contributed by atoms with Gasteiger partial charge in [-0.15, -0.1) is 0 Å². The summed E-state index contributed by atoms with van der Waals surface area (Å²) in [5.41, 5.74) is 5.47. The van der Waals surface area contributed by atoms with Crippen LogP contribution in [0.25, 0.3) is 10.3 Å². The number of hydrogen-bond acceptors (Lipinski definition) is 6. The van der Waals surface area contributed by atoms with E-state index in [-0.39, 0.29) is 0 Å². The van der Waals surface area contributed by atoms with Crippen LogP contribution < -0.4 is 10.6 Å². The number of anilines is 3. The van der Waals surface area contributed by atoms with Crippen molar-refractivity contribution in [3.05, 3.63) is 71.5 Å². The van der Waals surface area contributed by atoms with E-state index in [0.717, 1.165) is 27.0 Å². The predicted molar refractivity (Wildman–Crippen MR) is 108 cm³/mol. The van der Waals surface area contributed by atoms with Crippen LogP contribution in [-0.4, -0.2) is 15.0 Å². The van der Waals surface area contributed by atoms with Crippen LogP contribution in [0.3, 0.4) is 0 Å². The zero-order valence-corrected chi connectivity index (χ0v) is 15.5. The molecule has 130 valence electrons. The third-order valence-electron chi connectivity index (χ3n) is 4.21. The summed E-state index contributed by atoms with van der Waals surface area (Å²) < 4.78 is 0. The number of nitrogens with zero attached hydrogens (tertiary/aromatic N) is 3. The summed E-state index contributed by atoms with van der Waals surface area (Å²) in [6, 6.07) is 16.5. The van der Waals surface area contributed by atoms with Crippen LogP contribution in [-0.2, 0) is 6.54 Å². The second-order valence-corrected chi connectivity index (χ2v) is 7.10. The fourth-order valence-corrected chi connectivity index (χ4v) is 3.65. The van der Waals surface area contributed by atoms with Gasteiger partial charge in [-0.1, -0.05) is 59.9 Å². The molecule has 4 aromatic rings. The molecule has 4 rings (SSSR count). The Kier molecular flexibility index (Phi) is 4.50. The minimum Gasteiger partial charge on any atom is -0.364 e. The Morgan fingerprint density at radius 1 is 0.923 bits per heavy atom. The maximum Gasteiger partial charge on any atom is 0.189 e. The number of hydrogen-bond donors (Lipinski definition) is 2. The third-order valence-corrected chi connectivity index (χ3v) is 5.09. The molecular formula is C20H19N5S. The lowest BCUT2D eigenvalue weighted by atomic mass is 10.1. The number of rotatable bonds is 5. The number of nitrogens with one attached hydrogen (secondary N) is 2. The molecule has 2 aromatic heterocycles. The Morgan fingerprint density at radius 2 is 1.69 bits per heavy atom. The van der Waals surface area contributed by atoms with Gasteiger partial charge in [0.15, 0.2) is 15.8 Å². The predicted octanol–water partition coefficient (Wildman–Crippen LogP) is 5.06. The second-order valence-electron chi connectivity index (χ2n) is 6.13. The van der Waals surface area contributed by atoms with Crippen molar-refractivity contribution in [2.45, 2.75) is 20.4 Å². The topological polar surface area (TPSA) is 62.7 Å². The smallest absolute Gasteiger partial charge is 0.189 e. The number of aromatic nitrogens is 3. The van der Waals surface area contributed by atoms with Crippen molar-refractivity contribution in [1.82, 2.24) is 15.0 Å². The molecule has 0 spiro atoms. The third kappa shape index (κ3) is 3.36. The van der Waals surface area contributed by atoms with Gasteiger partial charge in [0.25, 0.3) is 0 Å². The van der Waals surface area contributed by atoms with E-state index in [1.165, 1.54) is 28.0 Å². The van der Waals surface area contributed by atoms with Crippen LogP contribution >= 0.6 is 11.3 Å². The van der Waals surface area contributed by atoms with Gasteiger partial charge in [0, 0.05) is 12.2 Å². The molecule has 0 bridgehead atoms. The maximum absolute atomic E-state index is 4.72. The molecule has 2 heterocycles. The molecule has 0 aliphatic rings. The molecule has 0 atom stereocenters. The average Bonchev–Trinajstić information content (AvgIpc) is 3.07. The summed E-state index contributed by atoms with van der Waals surface area (Å²) in [6.07, 6.45) is 1.58. The highest BCUT2D eigenvalue weighted by Gasteiger charge is 2.12. The number of fused-ring (bicyclic) bond motifs is 1. The van der Waals surface area contributed by atoms with Crippen molar-refractivity contribution in [3.63, 3.8) is 0 Å². The summed E-state index contributed by atoms with van der Waals surface area (Å²) in [7, 11) is 0. The zero-order chi connectivity index (χ0) is 17.9. The monoisotopic (exact) mass is 361 g/mol. The van der Waals surface area contributed by atoms with Crippen LogP contribution in [0, 0.1) is 13.8 Å². The van der Waals surface area contributed by atoms with Crippen LogP contribution in [0.5, 0.6) is 0 Å². The van der Waals surface area contributed by atoms with Crippen molar-refractivity contribution in [1.29, 1.82) is 0 Å². The molecule has 0 saturated carbocycles. The first-order valence-electron chi connectivity index (χ1n) is 8.43. The Morgan fingerprint density at radius 3 is 2.46 bits per heavy atom. The normalized spacial score (nSPS) is 10.8. The van der Waals surface area contributed by atoms with Gasteiger partial charge in [0.05, 0.1) is 0 Å². The quantitative estimate of drug-likeness (QED) is 0.520. The van der Waals surface area contributed by atoms with Gasteiger partial charge in [-0.2, -0.15) is 0 Å². The summed E-state index contributed by atoms with van der Waals surface area (Å²) in [6.45, 7) is 4.88. The molecule has 2 aromatic carbocycles. The highest BCUT2D eigenvalue weighted by Crippen LogP contribution is 2.32. The first-order chi connectivity index (χ1) is 12.7. The molecule has 5 nitrogen and oxygen atoms in total. The number of aryl methyl sites for hydroxylation is 2. The van der Waals surface area contributed by atoms with Crippen molar-refractivity contribution >= 4 is 38.3 Å². The average molecular weight is 361 g/mol. The Balaban J connectivity index is 1.61. The highest BCUT2D eigenvalue weighted by molar-refractivity contribution is 7.21. The molecule has 2 N–H and O–H groups in total. The second kappa shape index (κ2) is 7.09. The largest absolute Gasteiger partial charge is 0.364 e. The van der Waals surface area contributed by atoms with Crippen molar-refractivity contribution in [2.75, 3.05) is 10.6 Å².